The molecule has 0 bridgehead atoms. The Hall–Kier alpha value is -1.92. The molecule has 0 aromatic heterocycles. The maximum absolute atomic E-state index is 11.9. The number of rotatable bonds is 4. The molecule has 2 N–H and O–H groups in total. The highest BCUT2D eigenvalue weighted by atomic mass is 16.6. The Kier molecular flexibility index (Phi) is 4.59. The summed E-state index contributed by atoms with van der Waals surface area (Å²) in [5.74, 6) is -1.16. The Morgan fingerprint density at radius 3 is 2.43 bits per heavy atom. The Labute approximate surface area is 123 Å². The van der Waals surface area contributed by atoms with E-state index < -0.39 is 17.5 Å². The largest absolute Gasteiger partial charge is 0.481 e. The summed E-state index contributed by atoms with van der Waals surface area (Å²) in [5.41, 5.74) is 0.299. The van der Waals surface area contributed by atoms with Crippen LogP contribution in [-0.2, 0) is 24.5 Å². The normalized spacial score (nSPS) is 19.0. The van der Waals surface area contributed by atoms with Crippen LogP contribution in [0, 0.1) is 0 Å². The zero-order chi connectivity index (χ0) is 15.5. The number of benzene rings is 1. The molecule has 1 amide bonds. The number of hydrogen-bond donors (Lipinski definition) is 2. The van der Waals surface area contributed by atoms with E-state index in [1.165, 1.54) is 0 Å². The molecule has 21 heavy (non-hydrogen) atoms. The average molecular weight is 293 g/mol. The van der Waals surface area contributed by atoms with Crippen LogP contribution < -0.4 is 5.32 Å². The number of ether oxygens (including phenoxy) is 2. The quantitative estimate of drug-likeness (QED) is 0.876. The van der Waals surface area contributed by atoms with Crippen LogP contribution in [0.2, 0.25) is 0 Å². The minimum absolute atomic E-state index is 0.246. The standard InChI is InChI=1S/C15H19NO5/c1-15(2,14(18)19)10-3-5-11(6-4-10)16-13(17)12-9-20-7-8-21-12/h3-6,12H,7-9H2,1-2H3,(H,16,17)(H,18,19). The Bertz CT molecular complexity index is 517. The van der Waals surface area contributed by atoms with Gasteiger partial charge >= 0.3 is 5.97 Å². The molecule has 0 saturated carbocycles. The molecule has 1 aliphatic heterocycles. The van der Waals surface area contributed by atoms with Gasteiger partial charge in [0.2, 0.25) is 0 Å². The molecular weight excluding hydrogens is 274 g/mol. The van der Waals surface area contributed by atoms with Crippen molar-refractivity contribution < 1.29 is 24.2 Å². The van der Waals surface area contributed by atoms with E-state index in [1.807, 2.05) is 0 Å². The predicted octanol–water partition coefficient (Wildman–Crippen LogP) is 1.40. The summed E-state index contributed by atoms with van der Waals surface area (Å²) in [4.78, 5) is 23.1. The topological polar surface area (TPSA) is 84.9 Å². The van der Waals surface area contributed by atoms with E-state index in [0.717, 1.165) is 0 Å². The molecule has 1 heterocycles. The summed E-state index contributed by atoms with van der Waals surface area (Å²) >= 11 is 0. The lowest BCUT2D eigenvalue weighted by atomic mass is 9.85. The third-order valence-electron chi connectivity index (χ3n) is 3.52. The number of nitrogens with one attached hydrogen (secondary N) is 1. The summed E-state index contributed by atoms with van der Waals surface area (Å²) < 4.78 is 10.5. The molecule has 1 unspecified atom stereocenters. The molecular formula is C15H19NO5. The van der Waals surface area contributed by atoms with Crippen molar-refractivity contribution in [1.82, 2.24) is 0 Å². The molecule has 114 valence electrons. The molecule has 0 radical (unpaired) electrons. The number of hydrogen-bond acceptors (Lipinski definition) is 4. The van der Waals surface area contributed by atoms with Crippen molar-refractivity contribution in [3.8, 4) is 0 Å². The Morgan fingerprint density at radius 1 is 1.24 bits per heavy atom. The van der Waals surface area contributed by atoms with Crippen molar-refractivity contribution in [2.75, 3.05) is 25.1 Å². The molecule has 6 heteroatoms. The van der Waals surface area contributed by atoms with Crippen molar-refractivity contribution >= 4 is 17.6 Å². The van der Waals surface area contributed by atoms with Crippen LogP contribution >= 0.6 is 0 Å². The highest BCUT2D eigenvalue weighted by Gasteiger charge is 2.29. The van der Waals surface area contributed by atoms with Crippen molar-refractivity contribution in [2.24, 2.45) is 0 Å². The second-order valence-electron chi connectivity index (χ2n) is 5.43. The number of anilines is 1. The second kappa shape index (κ2) is 6.24. The number of aliphatic carboxylic acids is 1. The molecule has 1 atom stereocenters. The van der Waals surface area contributed by atoms with Gasteiger partial charge in [-0.05, 0) is 31.5 Å². The highest BCUT2D eigenvalue weighted by molar-refractivity contribution is 5.94. The number of carboxylic acids is 1. The average Bonchev–Trinajstić information content (AvgIpc) is 2.48. The first kappa shape index (κ1) is 15.5. The van der Waals surface area contributed by atoms with Crippen molar-refractivity contribution in [2.45, 2.75) is 25.4 Å². The maximum Gasteiger partial charge on any atom is 0.313 e. The van der Waals surface area contributed by atoms with Gasteiger partial charge in [-0.2, -0.15) is 0 Å². The fourth-order valence-electron chi connectivity index (χ4n) is 1.96. The minimum atomic E-state index is -0.969. The lowest BCUT2D eigenvalue weighted by molar-refractivity contribution is -0.143. The fraction of sp³-hybridized carbons (Fsp3) is 0.467. The van der Waals surface area contributed by atoms with Gasteiger partial charge in [0.15, 0.2) is 6.10 Å². The first-order chi connectivity index (χ1) is 9.91. The molecule has 1 aromatic rings. The predicted molar refractivity (Wildman–Crippen MR) is 76.3 cm³/mol. The number of amides is 1. The van der Waals surface area contributed by atoms with E-state index in [1.54, 1.807) is 38.1 Å². The zero-order valence-corrected chi connectivity index (χ0v) is 12.1. The van der Waals surface area contributed by atoms with Crippen LogP contribution in [0.5, 0.6) is 0 Å². The second-order valence-corrected chi connectivity index (χ2v) is 5.43. The number of carbonyl (C=O) groups excluding carboxylic acids is 1. The van der Waals surface area contributed by atoms with E-state index in [2.05, 4.69) is 5.32 Å². The SMILES string of the molecule is CC(C)(C(=O)O)c1ccc(NC(=O)C2COCCO2)cc1. The highest BCUT2D eigenvalue weighted by Crippen LogP contribution is 2.24. The van der Waals surface area contributed by atoms with Crippen LogP contribution in [-0.4, -0.2) is 42.9 Å². The van der Waals surface area contributed by atoms with E-state index >= 15 is 0 Å². The van der Waals surface area contributed by atoms with E-state index in [-0.39, 0.29) is 12.5 Å². The van der Waals surface area contributed by atoms with Gasteiger partial charge in [0, 0.05) is 5.69 Å². The van der Waals surface area contributed by atoms with E-state index in [9.17, 15) is 14.7 Å². The van der Waals surface area contributed by atoms with E-state index in [0.29, 0.717) is 24.5 Å². The van der Waals surface area contributed by atoms with Gasteiger partial charge in [-0.1, -0.05) is 12.1 Å². The lowest BCUT2D eigenvalue weighted by Crippen LogP contribution is -2.39. The first-order valence-electron chi connectivity index (χ1n) is 6.75. The third-order valence-corrected chi connectivity index (χ3v) is 3.52. The minimum Gasteiger partial charge on any atom is -0.481 e. The molecule has 2 rings (SSSR count). The lowest BCUT2D eigenvalue weighted by Gasteiger charge is -2.22. The summed E-state index contributed by atoms with van der Waals surface area (Å²) in [6.45, 7) is 4.43. The van der Waals surface area contributed by atoms with Crippen LogP contribution in [0.1, 0.15) is 19.4 Å². The number of carbonyl (C=O) groups is 2. The molecule has 1 fully saturated rings. The zero-order valence-electron chi connectivity index (χ0n) is 12.1. The van der Waals surface area contributed by atoms with Gasteiger partial charge in [0.1, 0.15) is 0 Å². The van der Waals surface area contributed by atoms with Gasteiger partial charge in [-0.25, -0.2) is 0 Å². The van der Waals surface area contributed by atoms with Crippen LogP contribution in [0.25, 0.3) is 0 Å². The Balaban J connectivity index is 2.02. The van der Waals surface area contributed by atoms with Gasteiger partial charge in [-0.15, -0.1) is 0 Å². The molecule has 1 aromatic carbocycles. The van der Waals surface area contributed by atoms with Crippen LogP contribution in [0.15, 0.2) is 24.3 Å². The van der Waals surface area contributed by atoms with Crippen molar-refractivity contribution in [3.05, 3.63) is 29.8 Å². The molecule has 0 spiro atoms. The maximum atomic E-state index is 11.9. The van der Waals surface area contributed by atoms with Crippen molar-refractivity contribution in [1.29, 1.82) is 0 Å². The summed E-state index contributed by atoms with van der Waals surface area (Å²) in [7, 11) is 0. The van der Waals surface area contributed by atoms with Crippen molar-refractivity contribution in [3.63, 3.8) is 0 Å². The molecule has 1 saturated heterocycles. The summed E-state index contributed by atoms with van der Waals surface area (Å²) in [6.07, 6.45) is -0.603. The first-order valence-corrected chi connectivity index (χ1v) is 6.75. The molecule has 6 nitrogen and oxygen atoms in total. The van der Waals surface area contributed by atoms with Crippen LogP contribution in [0.3, 0.4) is 0 Å². The van der Waals surface area contributed by atoms with E-state index in [4.69, 9.17) is 9.47 Å². The smallest absolute Gasteiger partial charge is 0.313 e. The molecule has 1 aliphatic rings. The van der Waals surface area contributed by atoms with Crippen LogP contribution in [0.4, 0.5) is 5.69 Å². The van der Waals surface area contributed by atoms with Gasteiger partial charge < -0.3 is 19.9 Å². The monoisotopic (exact) mass is 293 g/mol. The van der Waals surface area contributed by atoms with Gasteiger partial charge in [0.25, 0.3) is 5.91 Å². The third kappa shape index (κ3) is 3.59. The molecule has 0 aliphatic carbocycles. The van der Waals surface area contributed by atoms with Gasteiger partial charge in [-0.3, -0.25) is 9.59 Å². The fourth-order valence-corrected chi connectivity index (χ4v) is 1.96. The summed E-state index contributed by atoms with van der Waals surface area (Å²) in [6, 6.07) is 6.76. The number of carboxylic acid groups (broad SMARTS) is 1. The Morgan fingerprint density at radius 2 is 1.90 bits per heavy atom. The van der Waals surface area contributed by atoms with Gasteiger partial charge in [0.05, 0.1) is 25.2 Å². The summed E-state index contributed by atoms with van der Waals surface area (Å²) in [5, 5.41) is 11.9.